The van der Waals surface area contributed by atoms with Crippen LogP contribution in [0.15, 0.2) is 46.9 Å². The van der Waals surface area contributed by atoms with E-state index < -0.39 is 22.3 Å². The maximum Gasteiger partial charge on any atom is 0.295 e. The Morgan fingerprint density at radius 2 is 1.85 bits per heavy atom. The summed E-state index contributed by atoms with van der Waals surface area (Å²) < 4.78 is 13.8. The number of carbonyl (C=O) groups is 1. The van der Waals surface area contributed by atoms with Gasteiger partial charge < -0.3 is 5.32 Å². The zero-order valence-electron chi connectivity index (χ0n) is 9.97. The van der Waals surface area contributed by atoms with Crippen LogP contribution in [0.2, 0.25) is 0 Å². The van der Waals surface area contributed by atoms with Crippen molar-refractivity contribution in [1.82, 2.24) is 0 Å². The van der Waals surface area contributed by atoms with Crippen LogP contribution in [-0.4, -0.2) is 10.8 Å². The predicted octanol–water partition coefficient (Wildman–Crippen LogP) is 3.75. The fourth-order valence-corrected chi connectivity index (χ4v) is 1.82. The Kier molecular flexibility index (Phi) is 4.09. The Hall–Kier alpha value is -2.28. The maximum atomic E-state index is 13.0. The van der Waals surface area contributed by atoms with Crippen LogP contribution in [0.1, 0.15) is 10.4 Å². The van der Waals surface area contributed by atoms with E-state index in [0.29, 0.717) is 5.56 Å². The van der Waals surface area contributed by atoms with E-state index in [-0.39, 0.29) is 5.69 Å². The maximum absolute atomic E-state index is 13.0. The lowest BCUT2D eigenvalue weighted by Crippen LogP contribution is -2.13. The van der Waals surface area contributed by atoms with Crippen LogP contribution in [0, 0.1) is 15.9 Å². The summed E-state index contributed by atoms with van der Waals surface area (Å²) >= 11 is 3.24. The summed E-state index contributed by atoms with van der Waals surface area (Å²) in [4.78, 5) is 22.0. The average Bonchev–Trinajstić information content (AvgIpc) is 2.41. The first-order valence-corrected chi connectivity index (χ1v) is 6.27. The lowest BCUT2D eigenvalue weighted by atomic mass is 10.2. The van der Waals surface area contributed by atoms with Gasteiger partial charge in [-0.1, -0.05) is 15.9 Å². The fraction of sp³-hybridized carbons (Fsp3) is 0. The summed E-state index contributed by atoms with van der Waals surface area (Å²) in [7, 11) is 0. The molecule has 0 radical (unpaired) electrons. The predicted molar refractivity (Wildman–Crippen MR) is 75.1 cm³/mol. The molecule has 0 saturated carbocycles. The van der Waals surface area contributed by atoms with Crippen molar-refractivity contribution in [2.75, 3.05) is 5.32 Å². The molecule has 0 aliphatic carbocycles. The first-order chi connectivity index (χ1) is 9.47. The van der Waals surface area contributed by atoms with E-state index >= 15 is 0 Å². The van der Waals surface area contributed by atoms with Crippen molar-refractivity contribution in [1.29, 1.82) is 0 Å². The molecular weight excluding hydrogens is 331 g/mol. The van der Waals surface area contributed by atoms with Crippen LogP contribution in [0.4, 0.5) is 15.8 Å². The van der Waals surface area contributed by atoms with E-state index in [0.717, 1.165) is 22.7 Å². The first kappa shape index (κ1) is 14.1. The van der Waals surface area contributed by atoms with Crippen LogP contribution < -0.4 is 5.32 Å². The number of benzene rings is 2. The molecule has 0 aliphatic heterocycles. The zero-order valence-corrected chi connectivity index (χ0v) is 11.6. The van der Waals surface area contributed by atoms with Gasteiger partial charge in [-0.05, 0) is 36.4 Å². The second-order valence-corrected chi connectivity index (χ2v) is 4.80. The van der Waals surface area contributed by atoms with E-state index in [1.807, 2.05) is 0 Å². The number of hydrogen-bond acceptors (Lipinski definition) is 3. The number of nitro groups is 1. The van der Waals surface area contributed by atoms with Crippen molar-refractivity contribution in [3.05, 3.63) is 68.4 Å². The molecule has 2 aromatic carbocycles. The van der Waals surface area contributed by atoms with E-state index in [2.05, 4.69) is 21.2 Å². The van der Waals surface area contributed by atoms with Crippen LogP contribution in [0.25, 0.3) is 0 Å². The molecule has 5 nitrogen and oxygen atoms in total. The molecule has 1 amide bonds. The van der Waals surface area contributed by atoms with Crippen LogP contribution in [0.3, 0.4) is 0 Å². The number of nitro benzene ring substituents is 1. The van der Waals surface area contributed by atoms with Gasteiger partial charge in [0.15, 0.2) is 0 Å². The first-order valence-electron chi connectivity index (χ1n) is 5.48. The molecule has 0 atom stereocenters. The lowest BCUT2D eigenvalue weighted by molar-refractivity contribution is -0.384. The molecule has 0 fully saturated rings. The SMILES string of the molecule is O=C(Nc1ccc(F)cc1[N+](=O)[O-])c1ccc(Br)cc1. The van der Waals surface area contributed by atoms with Crippen LogP contribution in [-0.2, 0) is 0 Å². The van der Waals surface area contributed by atoms with Crippen molar-refractivity contribution in [3.8, 4) is 0 Å². The van der Waals surface area contributed by atoms with Gasteiger partial charge in [-0.3, -0.25) is 14.9 Å². The number of hydrogen-bond donors (Lipinski definition) is 1. The Morgan fingerprint density at radius 3 is 2.45 bits per heavy atom. The molecule has 0 saturated heterocycles. The summed E-state index contributed by atoms with van der Waals surface area (Å²) in [6.07, 6.45) is 0. The molecule has 2 aromatic rings. The van der Waals surface area contributed by atoms with E-state index in [1.165, 1.54) is 0 Å². The minimum atomic E-state index is -0.750. The topological polar surface area (TPSA) is 72.2 Å². The molecule has 0 heterocycles. The molecule has 1 N–H and O–H groups in total. The number of rotatable bonds is 3. The number of nitrogens with zero attached hydrogens (tertiary/aromatic N) is 1. The van der Waals surface area contributed by atoms with Crippen molar-refractivity contribution in [3.63, 3.8) is 0 Å². The highest BCUT2D eigenvalue weighted by molar-refractivity contribution is 9.10. The summed E-state index contributed by atoms with van der Waals surface area (Å²) in [6, 6.07) is 9.44. The summed E-state index contributed by atoms with van der Waals surface area (Å²) in [5.41, 5.74) is -0.202. The highest BCUT2D eigenvalue weighted by Gasteiger charge is 2.17. The third-order valence-corrected chi connectivity index (χ3v) is 3.04. The van der Waals surface area contributed by atoms with Crippen LogP contribution in [0.5, 0.6) is 0 Å². The number of nitrogens with one attached hydrogen (secondary N) is 1. The summed E-state index contributed by atoms with van der Waals surface area (Å²) in [6.45, 7) is 0. The molecule has 7 heteroatoms. The Bertz CT molecular complexity index is 674. The second kappa shape index (κ2) is 5.79. The molecule has 20 heavy (non-hydrogen) atoms. The van der Waals surface area contributed by atoms with Gasteiger partial charge in [0.2, 0.25) is 0 Å². The average molecular weight is 339 g/mol. The quantitative estimate of drug-likeness (QED) is 0.684. The molecule has 0 aromatic heterocycles. The third kappa shape index (κ3) is 3.18. The molecule has 0 bridgehead atoms. The molecule has 102 valence electrons. The van der Waals surface area contributed by atoms with Gasteiger partial charge in [-0.25, -0.2) is 4.39 Å². The standard InChI is InChI=1S/C13H8BrFN2O3/c14-9-3-1-8(2-4-9)13(18)16-11-6-5-10(15)7-12(11)17(19)20/h1-7H,(H,16,18). The van der Waals surface area contributed by atoms with E-state index in [1.54, 1.807) is 24.3 Å². The van der Waals surface area contributed by atoms with E-state index in [9.17, 15) is 19.3 Å². The number of halogens is 2. The largest absolute Gasteiger partial charge is 0.316 e. The minimum Gasteiger partial charge on any atom is -0.316 e. The van der Waals surface area contributed by atoms with Crippen molar-refractivity contribution in [2.45, 2.75) is 0 Å². The van der Waals surface area contributed by atoms with Gasteiger partial charge in [0.25, 0.3) is 11.6 Å². The number of amides is 1. The van der Waals surface area contributed by atoms with Crippen LogP contribution >= 0.6 is 15.9 Å². The van der Waals surface area contributed by atoms with Crippen molar-refractivity contribution in [2.24, 2.45) is 0 Å². The lowest BCUT2D eigenvalue weighted by Gasteiger charge is -2.06. The molecule has 2 rings (SSSR count). The Morgan fingerprint density at radius 1 is 1.20 bits per heavy atom. The number of anilines is 1. The third-order valence-electron chi connectivity index (χ3n) is 2.51. The Labute approximate surface area is 121 Å². The van der Waals surface area contributed by atoms with Gasteiger partial charge in [-0.15, -0.1) is 0 Å². The summed E-state index contributed by atoms with van der Waals surface area (Å²) in [5.74, 6) is -1.24. The number of carbonyl (C=O) groups excluding carboxylic acids is 1. The van der Waals surface area contributed by atoms with Gasteiger partial charge in [0.1, 0.15) is 11.5 Å². The van der Waals surface area contributed by atoms with Crippen molar-refractivity contribution >= 4 is 33.2 Å². The summed E-state index contributed by atoms with van der Waals surface area (Å²) in [5, 5.41) is 13.2. The molecule has 0 spiro atoms. The zero-order chi connectivity index (χ0) is 14.7. The smallest absolute Gasteiger partial charge is 0.295 e. The van der Waals surface area contributed by atoms with E-state index in [4.69, 9.17) is 0 Å². The normalized spacial score (nSPS) is 10.1. The fourth-order valence-electron chi connectivity index (χ4n) is 1.56. The van der Waals surface area contributed by atoms with Gasteiger partial charge in [0.05, 0.1) is 11.0 Å². The van der Waals surface area contributed by atoms with Crippen molar-refractivity contribution < 1.29 is 14.1 Å². The Balaban J connectivity index is 2.28. The minimum absolute atomic E-state index is 0.0516. The highest BCUT2D eigenvalue weighted by atomic mass is 79.9. The monoisotopic (exact) mass is 338 g/mol. The van der Waals surface area contributed by atoms with Gasteiger partial charge in [-0.2, -0.15) is 0 Å². The highest BCUT2D eigenvalue weighted by Crippen LogP contribution is 2.25. The molecule has 0 aliphatic rings. The molecule has 0 unspecified atom stereocenters. The second-order valence-electron chi connectivity index (χ2n) is 3.88. The molecular formula is C13H8BrFN2O3. The van der Waals surface area contributed by atoms with Gasteiger partial charge >= 0.3 is 0 Å². The van der Waals surface area contributed by atoms with Gasteiger partial charge in [0, 0.05) is 10.0 Å².